The smallest absolute Gasteiger partial charge is 0.338 e. The number of unbranched alkanes of at least 4 members (excludes halogenated alkanes) is 2. The van der Waals surface area contributed by atoms with Gasteiger partial charge in [0.15, 0.2) is 0 Å². The first-order chi connectivity index (χ1) is 12.5. The van der Waals surface area contributed by atoms with Gasteiger partial charge in [-0.1, -0.05) is 19.8 Å². The molecule has 0 saturated carbocycles. The van der Waals surface area contributed by atoms with E-state index in [4.69, 9.17) is 14.2 Å². The van der Waals surface area contributed by atoms with Crippen LogP contribution in [0.2, 0.25) is 0 Å². The lowest BCUT2D eigenvalue weighted by molar-refractivity contribution is -0.139. The highest BCUT2D eigenvalue weighted by Gasteiger charge is 2.34. The number of methoxy groups -OCH3 is 2. The Morgan fingerprint density at radius 3 is 2.62 bits per heavy atom. The minimum atomic E-state index is -0.688. The van der Waals surface area contributed by atoms with Gasteiger partial charge in [0.2, 0.25) is 0 Å². The molecule has 7 nitrogen and oxygen atoms in total. The quantitative estimate of drug-likeness (QED) is 0.548. The molecule has 1 aliphatic rings. The third-order valence-corrected chi connectivity index (χ3v) is 4.22. The Bertz CT molecular complexity index is 699. The third kappa shape index (κ3) is 4.47. The highest BCUT2D eigenvalue weighted by Crippen LogP contribution is 2.35. The van der Waals surface area contributed by atoms with Gasteiger partial charge in [0.05, 0.1) is 32.4 Å². The minimum absolute atomic E-state index is 0.347. The lowest BCUT2D eigenvalue weighted by atomic mass is 9.94. The van der Waals surface area contributed by atoms with Crippen LogP contribution in [0.4, 0.5) is 4.79 Å². The fourth-order valence-electron chi connectivity index (χ4n) is 2.86. The van der Waals surface area contributed by atoms with Crippen LogP contribution in [0.25, 0.3) is 0 Å². The molecule has 0 spiro atoms. The Morgan fingerprint density at radius 1 is 1.19 bits per heavy atom. The topological polar surface area (TPSA) is 85.9 Å². The molecule has 0 fully saturated rings. The van der Waals surface area contributed by atoms with E-state index in [1.54, 1.807) is 32.2 Å². The largest absolute Gasteiger partial charge is 0.497 e. The van der Waals surface area contributed by atoms with Crippen LogP contribution >= 0.6 is 0 Å². The molecule has 0 radical (unpaired) electrons. The van der Waals surface area contributed by atoms with Gasteiger partial charge in [-0.15, -0.1) is 0 Å². The Balaban J connectivity index is 2.36. The van der Waals surface area contributed by atoms with E-state index in [0.29, 0.717) is 34.9 Å². The van der Waals surface area contributed by atoms with Crippen molar-refractivity contribution in [2.75, 3.05) is 20.8 Å². The van der Waals surface area contributed by atoms with E-state index >= 15 is 0 Å². The average Bonchev–Trinajstić information content (AvgIpc) is 2.63. The van der Waals surface area contributed by atoms with Gasteiger partial charge in [-0.2, -0.15) is 0 Å². The standard InChI is InChI=1S/C19H26N2O5/c1-5-6-7-10-26-18(22)16-12(2)20-19(23)21-17(16)14-11-13(24-3)8-9-15(14)25-4/h8-9,11,17H,5-7,10H2,1-4H3,(H2,20,21,23)/t17-/m0/s1. The number of hydrogen-bond acceptors (Lipinski definition) is 5. The van der Waals surface area contributed by atoms with Gasteiger partial charge in [0, 0.05) is 11.3 Å². The van der Waals surface area contributed by atoms with Crippen molar-refractivity contribution < 1.29 is 23.8 Å². The van der Waals surface area contributed by atoms with Crippen LogP contribution in [0.3, 0.4) is 0 Å². The zero-order valence-electron chi connectivity index (χ0n) is 15.7. The summed E-state index contributed by atoms with van der Waals surface area (Å²) in [7, 11) is 3.09. The lowest BCUT2D eigenvalue weighted by Gasteiger charge is -2.29. The van der Waals surface area contributed by atoms with Crippen LogP contribution < -0.4 is 20.1 Å². The molecule has 1 aliphatic heterocycles. The van der Waals surface area contributed by atoms with Crippen LogP contribution in [-0.2, 0) is 9.53 Å². The molecule has 1 atom stereocenters. The van der Waals surface area contributed by atoms with Crippen molar-refractivity contribution in [3.63, 3.8) is 0 Å². The Morgan fingerprint density at radius 2 is 1.96 bits per heavy atom. The van der Waals surface area contributed by atoms with Gasteiger partial charge in [0.25, 0.3) is 0 Å². The molecule has 0 aliphatic carbocycles. The molecule has 142 valence electrons. The third-order valence-electron chi connectivity index (χ3n) is 4.22. The summed E-state index contributed by atoms with van der Waals surface area (Å²) in [4.78, 5) is 24.7. The van der Waals surface area contributed by atoms with Crippen molar-refractivity contribution in [1.29, 1.82) is 0 Å². The Labute approximate surface area is 153 Å². The van der Waals surface area contributed by atoms with Crippen molar-refractivity contribution in [3.05, 3.63) is 35.0 Å². The molecule has 0 unspecified atom stereocenters. The molecule has 26 heavy (non-hydrogen) atoms. The monoisotopic (exact) mass is 362 g/mol. The van der Waals surface area contributed by atoms with Crippen molar-refractivity contribution in [2.45, 2.75) is 39.2 Å². The number of allylic oxidation sites excluding steroid dienone is 1. The number of ether oxygens (including phenoxy) is 3. The molecule has 1 aromatic rings. The van der Waals surface area contributed by atoms with Gasteiger partial charge < -0.3 is 24.8 Å². The molecule has 1 aromatic carbocycles. The minimum Gasteiger partial charge on any atom is -0.497 e. The summed E-state index contributed by atoms with van der Waals surface area (Å²) in [5.74, 6) is 0.685. The molecule has 2 N–H and O–H groups in total. The van der Waals surface area contributed by atoms with E-state index in [0.717, 1.165) is 19.3 Å². The maximum atomic E-state index is 12.7. The Kier molecular flexibility index (Phi) is 6.89. The number of carbonyl (C=O) groups excluding carboxylic acids is 2. The van der Waals surface area contributed by atoms with E-state index < -0.39 is 12.0 Å². The zero-order valence-corrected chi connectivity index (χ0v) is 15.7. The predicted molar refractivity (Wildman–Crippen MR) is 97.1 cm³/mol. The second-order valence-electron chi connectivity index (χ2n) is 6.02. The number of esters is 1. The number of hydrogen-bond donors (Lipinski definition) is 2. The second kappa shape index (κ2) is 9.12. The van der Waals surface area contributed by atoms with Crippen molar-refractivity contribution >= 4 is 12.0 Å². The second-order valence-corrected chi connectivity index (χ2v) is 6.02. The summed E-state index contributed by atoms with van der Waals surface area (Å²) in [5, 5.41) is 5.41. The maximum Gasteiger partial charge on any atom is 0.338 e. The average molecular weight is 362 g/mol. The van der Waals surface area contributed by atoms with Crippen LogP contribution in [0.1, 0.15) is 44.7 Å². The van der Waals surface area contributed by atoms with E-state index in [2.05, 4.69) is 17.6 Å². The lowest BCUT2D eigenvalue weighted by Crippen LogP contribution is -2.45. The molecule has 1 heterocycles. The van der Waals surface area contributed by atoms with Crippen LogP contribution in [0, 0.1) is 0 Å². The number of nitrogens with one attached hydrogen (secondary N) is 2. The summed E-state index contributed by atoms with van der Waals surface area (Å²) in [6, 6.07) is 4.16. The van der Waals surface area contributed by atoms with Crippen LogP contribution in [-0.4, -0.2) is 32.8 Å². The molecule has 0 saturated heterocycles. The van der Waals surface area contributed by atoms with Gasteiger partial charge in [-0.05, 0) is 31.5 Å². The Hall–Kier alpha value is -2.70. The van der Waals surface area contributed by atoms with E-state index in [-0.39, 0.29) is 6.03 Å². The van der Waals surface area contributed by atoms with Gasteiger partial charge in [-0.25, -0.2) is 9.59 Å². The molecule has 2 rings (SSSR count). The van der Waals surface area contributed by atoms with Gasteiger partial charge in [0.1, 0.15) is 11.5 Å². The number of amides is 2. The van der Waals surface area contributed by atoms with Gasteiger partial charge in [-0.3, -0.25) is 0 Å². The SMILES string of the molecule is CCCCCOC(=O)C1=C(C)NC(=O)N[C@H]1c1cc(OC)ccc1OC. The molecule has 0 aromatic heterocycles. The first kappa shape index (κ1) is 19.6. The van der Waals surface area contributed by atoms with Crippen LogP contribution in [0.5, 0.6) is 11.5 Å². The van der Waals surface area contributed by atoms with Crippen molar-refractivity contribution in [3.8, 4) is 11.5 Å². The highest BCUT2D eigenvalue weighted by atomic mass is 16.5. The van der Waals surface area contributed by atoms with E-state index in [1.165, 1.54) is 7.11 Å². The zero-order chi connectivity index (χ0) is 19.1. The maximum absolute atomic E-state index is 12.7. The van der Waals surface area contributed by atoms with E-state index in [1.807, 2.05) is 0 Å². The summed E-state index contributed by atoms with van der Waals surface area (Å²) in [6.45, 7) is 4.11. The van der Waals surface area contributed by atoms with Crippen molar-refractivity contribution in [2.24, 2.45) is 0 Å². The van der Waals surface area contributed by atoms with E-state index in [9.17, 15) is 9.59 Å². The fraction of sp³-hybridized carbons (Fsp3) is 0.474. The molecule has 7 heteroatoms. The molecular weight excluding hydrogens is 336 g/mol. The fourth-order valence-corrected chi connectivity index (χ4v) is 2.86. The molecule has 2 amide bonds. The summed E-state index contributed by atoms with van der Waals surface area (Å²) in [6.07, 6.45) is 2.84. The summed E-state index contributed by atoms with van der Waals surface area (Å²) >= 11 is 0. The number of rotatable bonds is 8. The number of benzene rings is 1. The first-order valence-electron chi connectivity index (χ1n) is 8.69. The summed E-state index contributed by atoms with van der Waals surface area (Å²) in [5.41, 5.74) is 1.44. The predicted octanol–water partition coefficient (Wildman–Crippen LogP) is 3.07. The number of urea groups is 1. The normalized spacial score (nSPS) is 16.6. The highest BCUT2D eigenvalue weighted by molar-refractivity contribution is 5.95. The molecule has 0 bridgehead atoms. The first-order valence-corrected chi connectivity index (χ1v) is 8.69. The van der Waals surface area contributed by atoms with Gasteiger partial charge >= 0.3 is 12.0 Å². The van der Waals surface area contributed by atoms with Crippen molar-refractivity contribution in [1.82, 2.24) is 10.6 Å². The molecular formula is C19H26N2O5. The summed E-state index contributed by atoms with van der Waals surface area (Å²) < 4.78 is 16.1. The number of carbonyl (C=O) groups is 2. The van der Waals surface area contributed by atoms with Crippen LogP contribution in [0.15, 0.2) is 29.5 Å².